The number of hydrogen-bond acceptors (Lipinski definition) is 4. The number of carbonyl (C=O) groups is 1. The molecule has 2 N–H and O–H groups in total. The first kappa shape index (κ1) is 13.2. The van der Waals surface area contributed by atoms with E-state index < -0.39 is 12.0 Å². The van der Waals surface area contributed by atoms with Crippen LogP contribution in [0, 0.1) is 0 Å². The SMILES string of the molecule is CN[C@@H](Cc1ccc(-c2ncccn2)cc1)C(=O)O. The van der Waals surface area contributed by atoms with E-state index in [0.717, 1.165) is 11.1 Å². The third kappa shape index (κ3) is 3.35. The lowest BCUT2D eigenvalue weighted by Gasteiger charge is -2.11. The molecule has 2 rings (SSSR count). The fraction of sp³-hybridized carbons (Fsp3) is 0.214. The normalized spacial score (nSPS) is 12.1. The highest BCUT2D eigenvalue weighted by Gasteiger charge is 2.15. The summed E-state index contributed by atoms with van der Waals surface area (Å²) in [6, 6.07) is 8.80. The minimum absolute atomic E-state index is 0.446. The highest BCUT2D eigenvalue weighted by Crippen LogP contribution is 2.15. The van der Waals surface area contributed by atoms with Crippen molar-refractivity contribution in [3.63, 3.8) is 0 Å². The third-order valence-electron chi connectivity index (χ3n) is 2.86. The number of benzene rings is 1. The molecule has 0 unspecified atom stereocenters. The number of aromatic nitrogens is 2. The van der Waals surface area contributed by atoms with Gasteiger partial charge in [0.2, 0.25) is 0 Å². The Bertz CT molecular complexity index is 540. The molecule has 0 saturated carbocycles. The molecule has 0 radical (unpaired) electrons. The quantitative estimate of drug-likeness (QED) is 0.846. The van der Waals surface area contributed by atoms with Crippen molar-refractivity contribution in [1.82, 2.24) is 15.3 Å². The van der Waals surface area contributed by atoms with Gasteiger partial charge in [-0.05, 0) is 25.1 Å². The Balaban J connectivity index is 2.13. The molecule has 19 heavy (non-hydrogen) atoms. The molecular formula is C14H15N3O2. The van der Waals surface area contributed by atoms with E-state index in [9.17, 15) is 4.79 Å². The van der Waals surface area contributed by atoms with Gasteiger partial charge in [-0.15, -0.1) is 0 Å². The molecule has 0 spiro atoms. The van der Waals surface area contributed by atoms with Crippen LogP contribution in [0.4, 0.5) is 0 Å². The molecule has 0 aliphatic heterocycles. The van der Waals surface area contributed by atoms with Gasteiger partial charge in [0.25, 0.3) is 0 Å². The third-order valence-corrected chi connectivity index (χ3v) is 2.86. The molecule has 2 aromatic rings. The second kappa shape index (κ2) is 6.06. The molecular weight excluding hydrogens is 242 g/mol. The Morgan fingerprint density at radius 1 is 1.26 bits per heavy atom. The van der Waals surface area contributed by atoms with Gasteiger partial charge in [0.15, 0.2) is 5.82 Å². The summed E-state index contributed by atoms with van der Waals surface area (Å²) in [5.41, 5.74) is 1.88. The van der Waals surface area contributed by atoms with Crippen molar-refractivity contribution >= 4 is 5.97 Å². The van der Waals surface area contributed by atoms with Crippen LogP contribution in [0.2, 0.25) is 0 Å². The van der Waals surface area contributed by atoms with Gasteiger partial charge in [-0.1, -0.05) is 24.3 Å². The Kier molecular flexibility index (Phi) is 4.20. The summed E-state index contributed by atoms with van der Waals surface area (Å²) in [6.07, 6.45) is 3.83. The van der Waals surface area contributed by atoms with E-state index in [2.05, 4.69) is 15.3 Å². The number of nitrogens with zero attached hydrogens (tertiary/aromatic N) is 2. The summed E-state index contributed by atoms with van der Waals surface area (Å²) in [5, 5.41) is 11.8. The maximum absolute atomic E-state index is 10.9. The highest BCUT2D eigenvalue weighted by atomic mass is 16.4. The van der Waals surface area contributed by atoms with Gasteiger partial charge in [0.05, 0.1) is 0 Å². The van der Waals surface area contributed by atoms with Crippen LogP contribution in [0.5, 0.6) is 0 Å². The van der Waals surface area contributed by atoms with Crippen molar-refractivity contribution in [3.8, 4) is 11.4 Å². The first-order chi connectivity index (χ1) is 9.20. The van der Waals surface area contributed by atoms with Crippen LogP contribution in [-0.2, 0) is 11.2 Å². The van der Waals surface area contributed by atoms with Crippen LogP contribution in [0.1, 0.15) is 5.56 Å². The van der Waals surface area contributed by atoms with E-state index in [1.54, 1.807) is 25.5 Å². The standard InChI is InChI=1S/C14H15N3O2/c1-15-12(14(18)19)9-10-3-5-11(6-4-10)13-16-7-2-8-17-13/h2-8,12,15H,9H2,1H3,(H,18,19)/t12-/m0/s1. The van der Waals surface area contributed by atoms with Gasteiger partial charge in [0, 0.05) is 18.0 Å². The molecule has 1 aromatic heterocycles. The summed E-state index contributed by atoms with van der Waals surface area (Å²) >= 11 is 0. The van der Waals surface area contributed by atoms with Gasteiger partial charge in [-0.25, -0.2) is 9.97 Å². The lowest BCUT2D eigenvalue weighted by atomic mass is 10.0. The van der Waals surface area contributed by atoms with E-state index in [1.807, 2.05) is 24.3 Å². The average Bonchev–Trinajstić information content (AvgIpc) is 2.46. The zero-order valence-corrected chi connectivity index (χ0v) is 10.6. The predicted octanol–water partition coefficient (Wildman–Crippen LogP) is 1.36. The van der Waals surface area contributed by atoms with Gasteiger partial charge in [-0.2, -0.15) is 0 Å². The number of likely N-dealkylation sites (N-methyl/N-ethyl adjacent to an activating group) is 1. The van der Waals surface area contributed by atoms with E-state index >= 15 is 0 Å². The second-order valence-corrected chi connectivity index (χ2v) is 4.15. The average molecular weight is 257 g/mol. The van der Waals surface area contributed by atoms with Crippen molar-refractivity contribution < 1.29 is 9.90 Å². The molecule has 0 saturated heterocycles. The molecule has 0 fully saturated rings. The van der Waals surface area contributed by atoms with Crippen molar-refractivity contribution in [3.05, 3.63) is 48.3 Å². The number of carboxylic acids is 1. The number of hydrogen-bond donors (Lipinski definition) is 2. The predicted molar refractivity (Wildman–Crippen MR) is 71.7 cm³/mol. The van der Waals surface area contributed by atoms with Crippen molar-refractivity contribution in [2.45, 2.75) is 12.5 Å². The van der Waals surface area contributed by atoms with Crippen molar-refractivity contribution in [1.29, 1.82) is 0 Å². The molecule has 98 valence electrons. The fourth-order valence-electron chi connectivity index (χ4n) is 1.79. The molecule has 5 nitrogen and oxygen atoms in total. The minimum Gasteiger partial charge on any atom is -0.480 e. The lowest BCUT2D eigenvalue weighted by Crippen LogP contribution is -2.35. The minimum atomic E-state index is -0.849. The monoisotopic (exact) mass is 257 g/mol. The number of rotatable bonds is 5. The molecule has 0 bridgehead atoms. The molecule has 0 amide bonds. The van der Waals surface area contributed by atoms with Crippen LogP contribution in [0.25, 0.3) is 11.4 Å². The van der Waals surface area contributed by atoms with Gasteiger partial charge in [-0.3, -0.25) is 4.79 Å². The van der Waals surface area contributed by atoms with Crippen molar-refractivity contribution in [2.24, 2.45) is 0 Å². The number of aliphatic carboxylic acids is 1. The molecule has 5 heteroatoms. The largest absolute Gasteiger partial charge is 0.480 e. The van der Waals surface area contributed by atoms with E-state index in [4.69, 9.17) is 5.11 Å². The van der Waals surface area contributed by atoms with E-state index in [1.165, 1.54) is 0 Å². The summed E-state index contributed by atoms with van der Waals surface area (Å²) < 4.78 is 0. The molecule has 0 aliphatic rings. The summed E-state index contributed by atoms with van der Waals surface area (Å²) in [5.74, 6) is -0.185. The molecule has 1 aromatic carbocycles. The van der Waals surface area contributed by atoms with Crippen molar-refractivity contribution in [2.75, 3.05) is 7.05 Å². The zero-order valence-electron chi connectivity index (χ0n) is 10.6. The second-order valence-electron chi connectivity index (χ2n) is 4.15. The van der Waals surface area contributed by atoms with Crippen LogP contribution < -0.4 is 5.32 Å². The first-order valence-corrected chi connectivity index (χ1v) is 5.97. The highest BCUT2D eigenvalue weighted by molar-refractivity contribution is 5.73. The smallest absolute Gasteiger partial charge is 0.321 e. The fourth-order valence-corrected chi connectivity index (χ4v) is 1.79. The summed E-state index contributed by atoms with van der Waals surface area (Å²) in [7, 11) is 1.64. The first-order valence-electron chi connectivity index (χ1n) is 5.97. The van der Waals surface area contributed by atoms with Gasteiger partial charge in [0.1, 0.15) is 6.04 Å². The Morgan fingerprint density at radius 2 is 1.89 bits per heavy atom. The Labute approximate surface area is 111 Å². The zero-order chi connectivity index (χ0) is 13.7. The maximum Gasteiger partial charge on any atom is 0.321 e. The number of carboxylic acid groups (broad SMARTS) is 1. The molecule has 1 heterocycles. The number of nitrogens with one attached hydrogen (secondary N) is 1. The van der Waals surface area contributed by atoms with Crippen LogP contribution in [-0.4, -0.2) is 34.1 Å². The maximum atomic E-state index is 10.9. The van der Waals surface area contributed by atoms with E-state index in [0.29, 0.717) is 12.2 Å². The lowest BCUT2D eigenvalue weighted by molar-refractivity contribution is -0.139. The van der Waals surface area contributed by atoms with Gasteiger partial charge >= 0.3 is 5.97 Å². The molecule has 1 atom stereocenters. The van der Waals surface area contributed by atoms with Crippen LogP contribution in [0.15, 0.2) is 42.7 Å². The van der Waals surface area contributed by atoms with E-state index in [-0.39, 0.29) is 0 Å². The molecule has 0 aliphatic carbocycles. The Hall–Kier alpha value is -2.27. The Morgan fingerprint density at radius 3 is 2.42 bits per heavy atom. The van der Waals surface area contributed by atoms with Crippen LogP contribution in [0.3, 0.4) is 0 Å². The topological polar surface area (TPSA) is 75.1 Å². The van der Waals surface area contributed by atoms with Gasteiger partial charge < -0.3 is 10.4 Å². The summed E-state index contributed by atoms with van der Waals surface area (Å²) in [6.45, 7) is 0. The van der Waals surface area contributed by atoms with Crippen LogP contribution >= 0.6 is 0 Å². The summed E-state index contributed by atoms with van der Waals surface area (Å²) in [4.78, 5) is 19.3.